The van der Waals surface area contributed by atoms with Gasteiger partial charge in [0.2, 0.25) is 0 Å². The van der Waals surface area contributed by atoms with Gasteiger partial charge in [-0.15, -0.1) is 12.4 Å². The van der Waals surface area contributed by atoms with Crippen LogP contribution in [0.4, 0.5) is 0 Å². The molecule has 1 radical (unpaired) electrons. The SMILES string of the molecule is Cc1cc(CNC2CCCO2)c(O)c(C(C)(C)C)c1.Cc1cc(CNC2CCCO2)c(O)c(C(C)(C)C)c1.Cc1cc(CNC2CCCO2)c(O)c(C(C)(C)C)c1.Cl.[Mn]. The molecule has 11 heteroatoms. The molecule has 333 valence electrons. The number of hydrogen-bond acceptors (Lipinski definition) is 9. The van der Waals surface area contributed by atoms with Crippen LogP contribution in [0.1, 0.15) is 151 Å². The monoisotopic (exact) mass is 880 g/mol. The topological polar surface area (TPSA) is 124 Å². The van der Waals surface area contributed by atoms with Crippen molar-refractivity contribution >= 4 is 12.4 Å². The molecule has 3 atom stereocenters. The molecule has 3 aromatic carbocycles. The van der Waals surface area contributed by atoms with Gasteiger partial charge in [-0.1, -0.05) is 115 Å². The smallest absolute Gasteiger partial charge is 0.123 e. The van der Waals surface area contributed by atoms with Crippen molar-refractivity contribution in [3.8, 4) is 17.2 Å². The maximum absolute atomic E-state index is 10.4. The summed E-state index contributed by atoms with van der Waals surface area (Å²) in [6.45, 7) is 29.8. The first kappa shape index (κ1) is 52.8. The fraction of sp³-hybridized carbons (Fsp3) is 0.625. The van der Waals surface area contributed by atoms with Crippen molar-refractivity contribution in [2.24, 2.45) is 0 Å². The Morgan fingerprint density at radius 3 is 0.898 bits per heavy atom. The van der Waals surface area contributed by atoms with Gasteiger partial charge < -0.3 is 29.5 Å². The molecular weight excluding hydrogens is 805 g/mol. The van der Waals surface area contributed by atoms with E-state index in [4.69, 9.17) is 14.2 Å². The van der Waals surface area contributed by atoms with Crippen LogP contribution in [0.2, 0.25) is 0 Å². The van der Waals surface area contributed by atoms with Gasteiger partial charge in [-0.3, -0.25) is 16.0 Å². The minimum absolute atomic E-state index is 0. The minimum Gasteiger partial charge on any atom is -0.507 e. The average molecular weight is 882 g/mol. The molecule has 3 aromatic rings. The van der Waals surface area contributed by atoms with Crippen molar-refractivity contribution in [2.45, 2.75) is 176 Å². The molecule has 0 amide bonds. The van der Waals surface area contributed by atoms with Crippen LogP contribution in [0, 0.1) is 20.8 Å². The van der Waals surface area contributed by atoms with Crippen molar-refractivity contribution in [2.75, 3.05) is 19.8 Å². The Labute approximate surface area is 373 Å². The van der Waals surface area contributed by atoms with Crippen molar-refractivity contribution in [1.29, 1.82) is 0 Å². The van der Waals surface area contributed by atoms with E-state index in [1.54, 1.807) is 0 Å². The van der Waals surface area contributed by atoms with Crippen LogP contribution in [-0.4, -0.2) is 53.8 Å². The van der Waals surface area contributed by atoms with Crippen LogP contribution in [0.25, 0.3) is 0 Å². The van der Waals surface area contributed by atoms with Gasteiger partial charge in [-0.25, -0.2) is 0 Å². The van der Waals surface area contributed by atoms with Crippen LogP contribution in [-0.2, 0) is 67.2 Å². The minimum atomic E-state index is -0.0469. The van der Waals surface area contributed by atoms with Crippen molar-refractivity contribution in [3.05, 3.63) is 86.5 Å². The molecule has 6 rings (SSSR count). The third kappa shape index (κ3) is 16.1. The summed E-state index contributed by atoms with van der Waals surface area (Å²) in [7, 11) is 0. The number of phenols is 3. The van der Waals surface area contributed by atoms with Crippen LogP contribution < -0.4 is 16.0 Å². The second kappa shape index (κ2) is 23.2. The first-order valence-corrected chi connectivity index (χ1v) is 21.2. The van der Waals surface area contributed by atoms with E-state index in [1.807, 2.05) is 18.2 Å². The Morgan fingerprint density at radius 1 is 0.475 bits per heavy atom. The van der Waals surface area contributed by atoms with E-state index >= 15 is 0 Å². The second-order valence-corrected chi connectivity index (χ2v) is 19.4. The summed E-state index contributed by atoms with van der Waals surface area (Å²) in [4.78, 5) is 0. The fourth-order valence-electron chi connectivity index (χ4n) is 7.57. The van der Waals surface area contributed by atoms with E-state index in [-0.39, 0.29) is 64.4 Å². The second-order valence-electron chi connectivity index (χ2n) is 19.4. The Bertz CT molecular complexity index is 1550. The standard InChI is InChI=1S/3C16H25NO2.ClH.Mn/c3*1-11-8-12(10-17-14-6-5-7-19-14)15(18)13(9-11)16(2,3)4;;/h3*8-9,14,17-18H,5-7,10H2,1-4H3;1H;. The van der Waals surface area contributed by atoms with Gasteiger partial charge in [0, 0.05) is 73.2 Å². The number of phenolic OH excluding ortho intramolecular Hbond substituents is 3. The average Bonchev–Trinajstić information content (AvgIpc) is 3.93. The van der Waals surface area contributed by atoms with E-state index in [2.05, 4.69) is 117 Å². The molecule has 0 aromatic heterocycles. The molecule has 3 saturated heterocycles. The summed E-state index contributed by atoms with van der Waals surface area (Å²) >= 11 is 0. The molecule has 59 heavy (non-hydrogen) atoms. The maximum atomic E-state index is 10.4. The number of hydrogen-bond donors (Lipinski definition) is 6. The summed E-state index contributed by atoms with van der Waals surface area (Å²) < 4.78 is 16.6. The molecule has 3 unspecified atom stereocenters. The molecule has 3 fully saturated rings. The van der Waals surface area contributed by atoms with Gasteiger partial charge in [0.1, 0.15) is 35.9 Å². The maximum Gasteiger partial charge on any atom is 0.123 e. The van der Waals surface area contributed by atoms with Gasteiger partial charge in [-0.05, 0) is 92.2 Å². The molecule has 3 aliphatic heterocycles. The zero-order chi connectivity index (χ0) is 42.1. The molecule has 3 heterocycles. The van der Waals surface area contributed by atoms with Crippen molar-refractivity contribution < 1.29 is 46.6 Å². The van der Waals surface area contributed by atoms with Crippen molar-refractivity contribution in [1.82, 2.24) is 16.0 Å². The summed E-state index contributed by atoms with van der Waals surface area (Å²) in [6.07, 6.45) is 6.92. The Balaban J connectivity index is 0.000000300. The molecule has 6 N–H and O–H groups in total. The Kier molecular flexibility index (Phi) is 20.7. The fourth-order valence-corrected chi connectivity index (χ4v) is 7.57. The molecule has 3 aliphatic rings. The summed E-state index contributed by atoms with van der Waals surface area (Å²) in [5.74, 6) is 1.26. The van der Waals surface area contributed by atoms with Crippen molar-refractivity contribution in [3.63, 3.8) is 0 Å². The Hall–Kier alpha value is -2.37. The first-order valence-electron chi connectivity index (χ1n) is 21.2. The molecule has 0 spiro atoms. The van der Waals surface area contributed by atoms with E-state index in [0.29, 0.717) is 36.9 Å². The summed E-state index contributed by atoms with van der Waals surface area (Å²) in [5, 5.41) is 41.4. The number of nitrogens with one attached hydrogen (secondary N) is 3. The van der Waals surface area contributed by atoms with E-state index in [1.165, 1.54) is 16.7 Å². The van der Waals surface area contributed by atoms with E-state index < -0.39 is 0 Å². The first-order chi connectivity index (χ1) is 26.6. The normalized spacial score (nSPS) is 19.2. The van der Waals surface area contributed by atoms with Crippen LogP contribution >= 0.6 is 12.4 Å². The van der Waals surface area contributed by atoms with Crippen LogP contribution in [0.5, 0.6) is 17.2 Å². The quantitative estimate of drug-likeness (QED) is 0.117. The van der Waals surface area contributed by atoms with Gasteiger partial charge in [0.15, 0.2) is 0 Å². The number of aryl methyl sites for hydroxylation is 3. The molecule has 9 nitrogen and oxygen atoms in total. The predicted octanol–water partition coefficient (Wildman–Crippen LogP) is 10.1. The molecule has 0 bridgehead atoms. The largest absolute Gasteiger partial charge is 0.507 e. The number of aromatic hydroxyl groups is 3. The van der Waals surface area contributed by atoms with Crippen LogP contribution in [0.3, 0.4) is 0 Å². The zero-order valence-electron chi connectivity index (χ0n) is 38.0. The van der Waals surface area contributed by atoms with Gasteiger partial charge in [-0.2, -0.15) is 0 Å². The summed E-state index contributed by atoms with van der Waals surface area (Å²) in [6, 6.07) is 12.4. The summed E-state index contributed by atoms with van der Waals surface area (Å²) in [5.41, 5.74) is 9.33. The zero-order valence-corrected chi connectivity index (χ0v) is 40.0. The van der Waals surface area contributed by atoms with Gasteiger partial charge in [0.05, 0.1) is 0 Å². The predicted molar refractivity (Wildman–Crippen MR) is 239 cm³/mol. The molecular formula is C48H76ClMnN3O6. The van der Waals surface area contributed by atoms with E-state index in [9.17, 15) is 15.3 Å². The third-order valence-electron chi connectivity index (χ3n) is 10.8. The van der Waals surface area contributed by atoms with Gasteiger partial charge >= 0.3 is 0 Å². The number of ether oxygens (including phenoxy) is 3. The number of halogens is 1. The third-order valence-corrected chi connectivity index (χ3v) is 10.8. The number of rotatable bonds is 9. The van der Waals surface area contributed by atoms with E-state index in [0.717, 1.165) is 91.7 Å². The van der Waals surface area contributed by atoms with Crippen LogP contribution in [0.15, 0.2) is 36.4 Å². The number of benzene rings is 3. The Morgan fingerprint density at radius 2 is 0.712 bits per heavy atom. The molecule has 0 aliphatic carbocycles. The van der Waals surface area contributed by atoms with Gasteiger partial charge in [0.25, 0.3) is 0 Å². The molecule has 0 saturated carbocycles.